The van der Waals surface area contributed by atoms with Crippen LogP contribution < -0.4 is 0 Å². The minimum Gasteiger partial charge on any atom is -0.305 e. The van der Waals surface area contributed by atoms with Gasteiger partial charge in [-0.3, -0.25) is 4.90 Å². The molecule has 0 saturated carbocycles. The molecule has 0 N–H and O–H groups in total. The van der Waals surface area contributed by atoms with Gasteiger partial charge in [0.2, 0.25) is 0 Å². The molecule has 1 aliphatic rings. The zero-order valence-electron chi connectivity index (χ0n) is 17.2. The van der Waals surface area contributed by atoms with Gasteiger partial charge in [0, 0.05) is 37.0 Å². The van der Waals surface area contributed by atoms with E-state index in [1.807, 2.05) is 4.68 Å². The lowest BCUT2D eigenvalue weighted by Gasteiger charge is -2.20. The standard InChI is InChI=1S/C24H30N4/c1-19-8-10-23(11-9-19)28-18-22(17-27-13-5-12-26(3)14-15-27)24(25-28)21-7-4-6-20(2)16-21/h4,6-11,16,18H,5,12-15,17H2,1-3H3. The number of hydrogen-bond donors (Lipinski definition) is 0. The normalized spacial score (nSPS) is 16.2. The van der Waals surface area contributed by atoms with E-state index in [9.17, 15) is 0 Å². The van der Waals surface area contributed by atoms with Gasteiger partial charge >= 0.3 is 0 Å². The summed E-state index contributed by atoms with van der Waals surface area (Å²) >= 11 is 0. The van der Waals surface area contributed by atoms with Crippen molar-refractivity contribution in [2.45, 2.75) is 26.8 Å². The number of likely N-dealkylation sites (N-methyl/N-ethyl adjacent to an activating group) is 1. The minimum atomic E-state index is 0.947. The third kappa shape index (κ3) is 4.34. The Kier molecular flexibility index (Phi) is 5.60. The highest BCUT2D eigenvalue weighted by atomic mass is 15.3. The molecule has 1 aliphatic heterocycles. The highest BCUT2D eigenvalue weighted by Gasteiger charge is 2.18. The molecule has 2 aromatic carbocycles. The molecule has 2 heterocycles. The van der Waals surface area contributed by atoms with Gasteiger partial charge in [-0.15, -0.1) is 0 Å². The van der Waals surface area contributed by atoms with Gasteiger partial charge in [-0.25, -0.2) is 4.68 Å². The minimum absolute atomic E-state index is 0.947. The summed E-state index contributed by atoms with van der Waals surface area (Å²) in [6.45, 7) is 9.78. The molecule has 1 fully saturated rings. The number of hydrogen-bond acceptors (Lipinski definition) is 3. The number of rotatable bonds is 4. The average Bonchev–Trinajstić information content (AvgIpc) is 2.99. The van der Waals surface area contributed by atoms with Crippen LogP contribution in [0.1, 0.15) is 23.1 Å². The van der Waals surface area contributed by atoms with Crippen LogP contribution in [0.3, 0.4) is 0 Å². The predicted octanol–water partition coefficient (Wildman–Crippen LogP) is 4.29. The average molecular weight is 375 g/mol. The van der Waals surface area contributed by atoms with Crippen LogP contribution in [0.5, 0.6) is 0 Å². The predicted molar refractivity (Wildman–Crippen MR) is 116 cm³/mol. The number of nitrogens with zero attached hydrogens (tertiary/aromatic N) is 4. The van der Waals surface area contributed by atoms with Crippen molar-refractivity contribution in [3.05, 3.63) is 71.4 Å². The molecule has 0 atom stereocenters. The molecule has 4 nitrogen and oxygen atoms in total. The first-order valence-electron chi connectivity index (χ1n) is 10.2. The maximum atomic E-state index is 5.00. The summed E-state index contributed by atoms with van der Waals surface area (Å²) < 4.78 is 2.04. The van der Waals surface area contributed by atoms with Crippen LogP contribution in [-0.4, -0.2) is 52.8 Å². The summed E-state index contributed by atoms with van der Waals surface area (Å²) in [5.41, 5.74) is 7.25. The Hall–Kier alpha value is -2.43. The Balaban J connectivity index is 1.69. The molecule has 146 valence electrons. The molecule has 28 heavy (non-hydrogen) atoms. The second-order valence-corrected chi connectivity index (χ2v) is 8.09. The smallest absolute Gasteiger partial charge is 0.0972 e. The van der Waals surface area contributed by atoms with Crippen LogP contribution in [0.15, 0.2) is 54.7 Å². The first-order chi connectivity index (χ1) is 13.6. The summed E-state index contributed by atoms with van der Waals surface area (Å²) in [6, 6.07) is 17.3. The van der Waals surface area contributed by atoms with Gasteiger partial charge in [-0.1, -0.05) is 41.5 Å². The van der Waals surface area contributed by atoms with Crippen LogP contribution in [0.2, 0.25) is 0 Å². The van der Waals surface area contributed by atoms with E-state index in [1.165, 1.54) is 35.2 Å². The highest BCUT2D eigenvalue weighted by Crippen LogP contribution is 2.26. The fraction of sp³-hybridized carbons (Fsp3) is 0.375. The first kappa shape index (κ1) is 18.9. The van der Waals surface area contributed by atoms with Gasteiger partial charge in [0.05, 0.1) is 11.4 Å². The van der Waals surface area contributed by atoms with Crippen LogP contribution >= 0.6 is 0 Å². The Morgan fingerprint density at radius 3 is 2.50 bits per heavy atom. The Morgan fingerprint density at radius 1 is 0.893 bits per heavy atom. The number of benzene rings is 2. The quantitative estimate of drug-likeness (QED) is 0.681. The van der Waals surface area contributed by atoms with Crippen molar-refractivity contribution < 1.29 is 0 Å². The Bertz CT molecular complexity index is 926. The molecule has 0 bridgehead atoms. The van der Waals surface area contributed by atoms with Crippen LogP contribution in [0.4, 0.5) is 0 Å². The molecule has 0 aliphatic carbocycles. The summed E-state index contributed by atoms with van der Waals surface area (Å²) in [7, 11) is 2.22. The third-order valence-electron chi connectivity index (χ3n) is 5.59. The van der Waals surface area contributed by atoms with Crippen molar-refractivity contribution in [1.82, 2.24) is 19.6 Å². The van der Waals surface area contributed by atoms with Crippen molar-refractivity contribution in [2.75, 3.05) is 33.2 Å². The zero-order chi connectivity index (χ0) is 19.5. The van der Waals surface area contributed by atoms with Gasteiger partial charge in [-0.2, -0.15) is 5.10 Å². The molecule has 3 aromatic rings. The zero-order valence-corrected chi connectivity index (χ0v) is 17.2. The molecule has 0 radical (unpaired) electrons. The van der Waals surface area contributed by atoms with E-state index in [0.717, 1.165) is 37.6 Å². The van der Waals surface area contributed by atoms with Crippen molar-refractivity contribution in [3.8, 4) is 16.9 Å². The van der Waals surface area contributed by atoms with Gasteiger partial charge in [0.15, 0.2) is 0 Å². The number of aromatic nitrogens is 2. The summed E-state index contributed by atoms with van der Waals surface area (Å²) in [6.07, 6.45) is 3.44. The van der Waals surface area contributed by atoms with E-state index in [0.29, 0.717) is 0 Å². The lowest BCUT2D eigenvalue weighted by atomic mass is 10.1. The molecule has 4 rings (SSSR count). The second kappa shape index (κ2) is 8.29. The summed E-state index contributed by atoms with van der Waals surface area (Å²) in [5.74, 6) is 0. The van der Waals surface area contributed by atoms with Crippen molar-refractivity contribution in [3.63, 3.8) is 0 Å². The fourth-order valence-electron chi connectivity index (χ4n) is 3.89. The van der Waals surface area contributed by atoms with E-state index < -0.39 is 0 Å². The van der Waals surface area contributed by atoms with E-state index in [2.05, 4.69) is 85.4 Å². The van der Waals surface area contributed by atoms with Crippen molar-refractivity contribution in [1.29, 1.82) is 0 Å². The largest absolute Gasteiger partial charge is 0.305 e. The van der Waals surface area contributed by atoms with Gasteiger partial charge in [0.1, 0.15) is 0 Å². The summed E-state index contributed by atoms with van der Waals surface area (Å²) in [5, 5.41) is 5.00. The van der Waals surface area contributed by atoms with Gasteiger partial charge in [-0.05, 0) is 58.6 Å². The SMILES string of the molecule is Cc1ccc(-n2cc(CN3CCCN(C)CC3)c(-c3cccc(C)c3)n2)cc1. The summed E-state index contributed by atoms with van der Waals surface area (Å²) in [4.78, 5) is 5.00. The molecule has 0 spiro atoms. The molecule has 1 aromatic heterocycles. The van der Waals surface area contributed by atoms with Gasteiger partial charge in [0.25, 0.3) is 0 Å². The topological polar surface area (TPSA) is 24.3 Å². The lowest BCUT2D eigenvalue weighted by Crippen LogP contribution is -2.28. The van der Waals surface area contributed by atoms with E-state index in [1.54, 1.807) is 0 Å². The van der Waals surface area contributed by atoms with E-state index >= 15 is 0 Å². The van der Waals surface area contributed by atoms with Crippen LogP contribution in [0, 0.1) is 13.8 Å². The maximum absolute atomic E-state index is 5.00. The molecular weight excluding hydrogens is 344 g/mol. The molecule has 0 unspecified atom stereocenters. The number of aryl methyl sites for hydroxylation is 2. The van der Waals surface area contributed by atoms with Crippen LogP contribution in [0.25, 0.3) is 16.9 Å². The Morgan fingerprint density at radius 2 is 1.71 bits per heavy atom. The second-order valence-electron chi connectivity index (χ2n) is 8.09. The van der Waals surface area contributed by atoms with E-state index in [4.69, 9.17) is 5.10 Å². The lowest BCUT2D eigenvalue weighted by molar-refractivity contribution is 0.269. The monoisotopic (exact) mass is 374 g/mol. The maximum Gasteiger partial charge on any atom is 0.0972 e. The van der Waals surface area contributed by atoms with Gasteiger partial charge < -0.3 is 4.90 Å². The van der Waals surface area contributed by atoms with Crippen molar-refractivity contribution in [2.24, 2.45) is 0 Å². The van der Waals surface area contributed by atoms with Crippen molar-refractivity contribution >= 4 is 0 Å². The fourth-order valence-corrected chi connectivity index (χ4v) is 3.89. The van der Waals surface area contributed by atoms with E-state index in [-0.39, 0.29) is 0 Å². The molecule has 0 amide bonds. The molecule has 1 saturated heterocycles. The molecular formula is C24H30N4. The third-order valence-corrected chi connectivity index (χ3v) is 5.59. The highest BCUT2D eigenvalue weighted by molar-refractivity contribution is 5.64. The molecule has 4 heteroatoms. The van der Waals surface area contributed by atoms with Crippen LogP contribution in [-0.2, 0) is 6.54 Å². The Labute approximate surface area is 168 Å². The first-order valence-corrected chi connectivity index (χ1v) is 10.2.